The zero-order valence-electron chi connectivity index (χ0n) is 14.5. The Hall–Kier alpha value is -1.97. The van der Waals surface area contributed by atoms with Crippen molar-refractivity contribution in [1.82, 2.24) is 19.7 Å². The van der Waals surface area contributed by atoms with Crippen molar-refractivity contribution in [1.29, 1.82) is 0 Å². The van der Waals surface area contributed by atoms with Gasteiger partial charge in [0, 0.05) is 22.8 Å². The lowest BCUT2D eigenvalue weighted by Crippen LogP contribution is -2.41. The molecule has 0 saturated heterocycles. The Balaban J connectivity index is 1.81. The summed E-state index contributed by atoms with van der Waals surface area (Å²) in [6.45, 7) is 1.73. The quantitative estimate of drug-likeness (QED) is 0.572. The van der Waals surface area contributed by atoms with Gasteiger partial charge in [0.25, 0.3) is 0 Å². The van der Waals surface area contributed by atoms with E-state index in [9.17, 15) is 13.9 Å². The van der Waals surface area contributed by atoms with E-state index in [4.69, 9.17) is 0 Å². The molecule has 1 aromatic carbocycles. The minimum absolute atomic E-state index is 0.0499. The Morgan fingerprint density at radius 1 is 1.26 bits per heavy atom. The third-order valence-electron chi connectivity index (χ3n) is 4.08. The zero-order chi connectivity index (χ0) is 19.3. The van der Waals surface area contributed by atoms with Gasteiger partial charge in [0.1, 0.15) is 29.9 Å². The molecule has 0 fully saturated rings. The van der Waals surface area contributed by atoms with Crippen LogP contribution in [-0.4, -0.2) is 30.1 Å². The molecule has 3 aromatic rings. The SMILES string of the molecule is C[C@@H](SSCc1ccccn1)[C@](O)(Cn1cncn1)c1cc(F)ccc1F. The molecule has 0 amide bonds. The molecule has 27 heavy (non-hydrogen) atoms. The topological polar surface area (TPSA) is 63.8 Å². The third-order valence-corrected chi connectivity index (χ3v) is 6.94. The first kappa shape index (κ1) is 19.8. The van der Waals surface area contributed by atoms with Crippen molar-refractivity contribution in [3.8, 4) is 0 Å². The van der Waals surface area contributed by atoms with Crippen LogP contribution in [0.5, 0.6) is 0 Å². The first-order valence-corrected chi connectivity index (χ1v) is 10.6. The fraction of sp³-hybridized carbons (Fsp3) is 0.278. The summed E-state index contributed by atoms with van der Waals surface area (Å²) in [4.78, 5) is 8.11. The zero-order valence-corrected chi connectivity index (χ0v) is 16.1. The van der Waals surface area contributed by atoms with Gasteiger partial charge in [0.15, 0.2) is 0 Å². The van der Waals surface area contributed by atoms with E-state index in [0.29, 0.717) is 5.75 Å². The Morgan fingerprint density at radius 3 is 2.81 bits per heavy atom. The van der Waals surface area contributed by atoms with Gasteiger partial charge in [-0.2, -0.15) is 5.10 Å². The van der Waals surface area contributed by atoms with E-state index in [1.165, 1.54) is 38.9 Å². The van der Waals surface area contributed by atoms with Crippen molar-refractivity contribution in [2.24, 2.45) is 0 Å². The number of hydrogen-bond acceptors (Lipinski definition) is 6. The maximum atomic E-state index is 14.4. The van der Waals surface area contributed by atoms with E-state index in [1.807, 2.05) is 18.2 Å². The Morgan fingerprint density at radius 2 is 2.11 bits per heavy atom. The molecule has 0 aliphatic heterocycles. The van der Waals surface area contributed by atoms with Crippen LogP contribution in [0.3, 0.4) is 0 Å². The summed E-state index contributed by atoms with van der Waals surface area (Å²) in [5.74, 6) is -0.649. The van der Waals surface area contributed by atoms with Crippen molar-refractivity contribution in [2.45, 2.75) is 30.1 Å². The van der Waals surface area contributed by atoms with Crippen LogP contribution in [0.1, 0.15) is 18.2 Å². The molecule has 0 aliphatic carbocycles. The molecule has 0 radical (unpaired) electrons. The standard InChI is InChI=1S/C18H18F2N4OS2/c1-13(27-26-9-15-4-2-3-7-22-15)18(25,10-24-12-21-11-23-24)16-8-14(19)5-6-17(16)20/h2-8,11-13,25H,9-10H2,1H3/t13-,18-/m1/s1. The van der Waals surface area contributed by atoms with Crippen molar-refractivity contribution >= 4 is 21.6 Å². The second kappa shape index (κ2) is 8.81. The van der Waals surface area contributed by atoms with Crippen LogP contribution in [0.2, 0.25) is 0 Å². The Labute approximate surface area is 163 Å². The lowest BCUT2D eigenvalue weighted by atomic mass is 9.90. The number of aromatic nitrogens is 4. The molecule has 0 unspecified atom stereocenters. The summed E-state index contributed by atoms with van der Waals surface area (Å²) in [6, 6.07) is 8.74. The number of pyridine rings is 1. The normalized spacial score (nSPS) is 14.7. The highest BCUT2D eigenvalue weighted by atomic mass is 33.1. The van der Waals surface area contributed by atoms with E-state index in [1.54, 1.807) is 13.1 Å². The van der Waals surface area contributed by atoms with Crippen molar-refractivity contribution < 1.29 is 13.9 Å². The molecule has 2 atom stereocenters. The van der Waals surface area contributed by atoms with E-state index in [2.05, 4.69) is 15.1 Å². The van der Waals surface area contributed by atoms with Gasteiger partial charge >= 0.3 is 0 Å². The molecule has 1 N–H and O–H groups in total. The lowest BCUT2D eigenvalue weighted by Gasteiger charge is -2.34. The summed E-state index contributed by atoms with van der Waals surface area (Å²) in [6.07, 6.45) is 4.48. The Kier molecular flexibility index (Phi) is 6.46. The van der Waals surface area contributed by atoms with Crippen LogP contribution in [0.15, 0.2) is 55.2 Å². The molecule has 0 saturated carbocycles. The Bertz CT molecular complexity index is 867. The van der Waals surface area contributed by atoms with Crippen molar-refractivity contribution in [2.75, 3.05) is 0 Å². The van der Waals surface area contributed by atoms with Crippen LogP contribution in [-0.2, 0) is 17.9 Å². The number of halogens is 2. The van der Waals surface area contributed by atoms with Gasteiger partial charge in [-0.1, -0.05) is 27.7 Å². The minimum Gasteiger partial charge on any atom is -0.382 e. The molecular formula is C18H18F2N4OS2. The van der Waals surface area contributed by atoms with Gasteiger partial charge in [-0.15, -0.1) is 0 Å². The fourth-order valence-electron chi connectivity index (χ4n) is 2.58. The highest BCUT2D eigenvalue weighted by molar-refractivity contribution is 8.76. The number of rotatable bonds is 8. The highest BCUT2D eigenvalue weighted by Gasteiger charge is 2.40. The second-order valence-corrected chi connectivity index (χ2v) is 8.67. The van der Waals surface area contributed by atoms with Gasteiger partial charge in [-0.25, -0.2) is 18.4 Å². The molecule has 5 nitrogen and oxygen atoms in total. The highest BCUT2D eigenvalue weighted by Crippen LogP contribution is 2.41. The summed E-state index contributed by atoms with van der Waals surface area (Å²) in [5, 5.41) is 14.9. The van der Waals surface area contributed by atoms with Gasteiger partial charge in [-0.3, -0.25) is 4.98 Å². The van der Waals surface area contributed by atoms with E-state index in [0.717, 1.165) is 23.9 Å². The number of benzene rings is 1. The molecule has 0 spiro atoms. The molecule has 0 aliphatic rings. The van der Waals surface area contributed by atoms with E-state index >= 15 is 0 Å². The van der Waals surface area contributed by atoms with Gasteiger partial charge in [-0.05, 0) is 37.3 Å². The average Bonchev–Trinajstić information content (AvgIpc) is 3.17. The molecule has 9 heteroatoms. The van der Waals surface area contributed by atoms with Crippen LogP contribution >= 0.6 is 21.6 Å². The number of nitrogens with zero attached hydrogens (tertiary/aromatic N) is 4. The largest absolute Gasteiger partial charge is 0.382 e. The van der Waals surface area contributed by atoms with Crippen LogP contribution in [0.4, 0.5) is 8.78 Å². The van der Waals surface area contributed by atoms with E-state index < -0.39 is 22.5 Å². The smallest absolute Gasteiger partial charge is 0.137 e. The van der Waals surface area contributed by atoms with Crippen LogP contribution < -0.4 is 0 Å². The minimum atomic E-state index is -1.68. The number of hydrogen-bond donors (Lipinski definition) is 1. The molecular weight excluding hydrogens is 390 g/mol. The summed E-state index contributed by atoms with van der Waals surface area (Å²) in [5.41, 5.74) is -0.878. The van der Waals surface area contributed by atoms with Gasteiger partial charge < -0.3 is 5.11 Å². The first-order valence-electron chi connectivity index (χ1n) is 8.17. The van der Waals surface area contributed by atoms with Crippen LogP contribution in [0, 0.1) is 11.6 Å². The van der Waals surface area contributed by atoms with Crippen molar-refractivity contribution in [3.05, 3.63) is 78.1 Å². The maximum absolute atomic E-state index is 14.4. The molecule has 142 valence electrons. The summed E-state index contributed by atoms with van der Waals surface area (Å²) >= 11 is 0. The molecule has 2 heterocycles. The predicted octanol–water partition coefficient (Wildman–Crippen LogP) is 3.81. The summed E-state index contributed by atoms with van der Waals surface area (Å²) < 4.78 is 29.6. The van der Waals surface area contributed by atoms with Gasteiger partial charge in [0.05, 0.1) is 12.2 Å². The fourth-order valence-corrected chi connectivity index (χ4v) is 5.16. The third kappa shape index (κ3) is 4.85. The van der Waals surface area contributed by atoms with Crippen molar-refractivity contribution in [3.63, 3.8) is 0 Å². The molecule has 0 bridgehead atoms. The first-order chi connectivity index (χ1) is 13.0. The van der Waals surface area contributed by atoms with E-state index in [-0.39, 0.29) is 12.1 Å². The van der Waals surface area contributed by atoms with Gasteiger partial charge in [0.2, 0.25) is 0 Å². The maximum Gasteiger partial charge on any atom is 0.137 e. The molecule has 2 aromatic heterocycles. The average molecular weight is 408 g/mol. The number of aliphatic hydroxyl groups is 1. The monoisotopic (exact) mass is 408 g/mol. The second-order valence-electron chi connectivity index (χ2n) is 5.96. The van der Waals surface area contributed by atoms with Crippen LogP contribution in [0.25, 0.3) is 0 Å². The summed E-state index contributed by atoms with van der Waals surface area (Å²) in [7, 11) is 2.88. The molecule has 3 rings (SSSR count). The lowest BCUT2D eigenvalue weighted by molar-refractivity contribution is 0.0134. The predicted molar refractivity (Wildman–Crippen MR) is 103 cm³/mol.